The highest BCUT2D eigenvalue weighted by Crippen LogP contribution is 2.41. The molecule has 1 saturated carbocycles. The number of benzene rings is 1. The van der Waals surface area contributed by atoms with Gasteiger partial charge >= 0.3 is 0 Å². The number of ether oxygens (including phenoxy) is 1. The van der Waals surface area contributed by atoms with Crippen LogP contribution in [0.2, 0.25) is 0 Å². The fraction of sp³-hybridized carbons (Fsp3) is 0.647. The zero-order valence-electron chi connectivity index (χ0n) is 12.6. The van der Waals surface area contributed by atoms with E-state index in [9.17, 15) is 4.39 Å². The zero-order chi connectivity index (χ0) is 14.4. The predicted molar refractivity (Wildman–Crippen MR) is 80.3 cm³/mol. The molecule has 0 bridgehead atoms. The van der Waals surface area contributed by atoms with Crippen LogP contribution in [0.1, 0.15) is 57.1 Å². The second kappa shape index (κ2) is 7.19. The fourth-order valence-corrected chi connectivity index (χ4v) is 3.34. The molecule has 0 aromatic heterocycles. The molecule has 0 heterocycles. The SMILES string of the molecule is CCCNC(c1ccccc1F)C1(OC)CCCCC1. The van der Waals surface area contributed by atoms with Crippen molar-refractivity contribution < 1.29 is 9.13 Å². The van der Waals surface area contributed by atoms with Crippen molar-refractivity contribution in [3.05, 3.63) is 35.6 Å². The Bertz CT molecular complexity index is 415. The summed E-state index contributed by atoms with van der Waals surface area (Å²) in [4.78, 5) is 0. The quantitative estimate of drug-likeness (QED) is 0.842. The third-order valence-electron chi connectivity index (χ3n) is 4.45. The summed E-state index contributed by atoms with van der Waals surface area (Å²) in [5.41, 5.74) is 0.472. The minimum Gasteiger partial charge on any atom is -0.376 e. The van der Waals surface area contributed by atoms with Crippen LogP contribution in [-0.2, 0) is 4.74 Å². The van der Waals surface area contributed by atoms with Crippen LogP contribution in [0, 0.1) is 5.82 Å². The number of rotatable bonds is 6. The van der Waals surface area contributed by atoms with Crippen LogP contribution in [0.4, 0.5) is 4.39 Å². The number of hydrogen-bond donors (Lipinski definition) is 1. The normalized spacial score (nSPS) is 19.8. The van der Waals surface area contributed by atoms with E-state index in [-0.39, 0.29) is 17.5 Å². The van der Waals surface area contributed by atoms with E-state index < -0.39 is 0 Å². The molecule has 0 aliphatic heterocycles. The van der Waals surface area contributed by atoms with Gasteiger partial charge in [0.2, 0.25) is 0 Å². The Hall–Kier alpha value is -0.930. The second-order valence-corrected chi connectivity index (χ2v) is 5.74. The Balaban J connectivity index is 2.33. The van der Waals surface area contributed by atoms with Crippen LogP contribution < -0.4 is 5.32 Å². The van der Waals surface area contributed by atoms with Crippen molar-refractivity contribution in [2.24, 2.45) is 0 Å². The van der Waals surface area contributed by atoms with Gasteiger partial charge in [0.15, 0.2) is 0 Å². The van der Waals surface area contributed by atoms with Gasteiger partial charge in [-0.1, -0.05) is 44.4 Å². The molecule has 1 atom stereocenters. The van der Waals surface area contributed by atoms with Crippen LogP contribution in [0.25, 0.3) is 0 Å². The molecule has 2 nitrogen and oxygen atoms in total. The average molecular weight is 279 g/mol. The molecule has 0 saturated heterocycles. The third kappa shape index (κ3) is 3.21. The van der Waals surface area contributed by atoms with E-state index in [0.29, 0.717) is 0 Å². The topological polar surface area (TPSA) is 21.3 Å². The molecule has 0 amide bonds. The lowest BCUT2D eigenvalue weighted by Gasteiger charge is -2.43. The fourth-order valence-electron chi connectivity index (χ4n) is 3.34. The Labute approximate surface area is 121 Å². The molecular formula is C17H26FNO. The molecule has 1 aromatic rings. The van der Waals surface area contributed by atoms with Crippen molar-refractivity contribution in [3.63, 3.8) is 0 Å². The zero-order valence-corrected chi connectivity index (χ0v) is 12.6. The summed E-state index contributed by atoms with van der Waals surface area (Å²) < 4.78 is 20.2. The summed E-state index contributed by atoms with van der Waals surface area (Å²) in [6.45, 7) is 3.01. The summed E-state index contributed by atoms with van der Waals surface area (Å²) >= 11 is 0. The van der Waals surface area contributed by atoms with Crippen molar-refractivity contribution in [1.82, 2.24) is 5.32 Å². The molecule has 1 fully saturated rings. The predicted octanol–water partition coefficient (Wildman–Crippen LogP) is 4.22. The van der Waals surface area contributed by atoms with E-state index >= 15 is 0 Å². The molecule has 2 rings (SSSR count). The molecule has 3 heteroatoms. The van der Waals surface area contributed by atoms with E-state index in [1.54, 1.807) is 19.2 Å². The molecule has 0 radical (unpaired) electrons. The van der Waals surface area contributed by atoms with Gasteiger partial charge in [0.1, 0.15) is 5.82 Å². The Morgan fingerprint density at radius 2 is 1.95 bits per heavy atom. The molecule has 0 spiro atoms. The lowest BCUT2D eigenvalue weighted by molar-refractivity contribution is -0.0694. The summed E-state index contributed by atoms with van der Waals surface area (Å²) in [6, 6.07) is 7.02. The van der Waals surface area contributed by atoms with Gasteiger partial charge in [-0.05, 0) is 31.9 Å². The summed E-state index contributed by atoms with van der Waals surface area (Å²) in [7, 11) is 1.77. The first-order chi connectivity index (χ1) is 9.73. The van der Waals surface area contributed by atoms with Crippen molar-refractivity contribution in [2.75, 3.05) is 13.7 Å². The molecule has 1 aromatic carbocycles. The van der Waals surface area contributed by atoms with E-state index in [4.69, 9.17) is 4.74 Å². The Kier molecular flexibility index (Phi) is 5.55. The number of methoxy groups -OCH3 is 1. The maximum atomic E-state index is 14.2. The summed E-state index contributed by atoms with van der Waals surface area (Å²) in [5, 5.41) is 3.52. The van der Waals surface area contributed by atoms with Crippen molar-refractivity contribution in [3.8, 4) is 0 Å². The highest BCUT2D eigenvalue weighted by molar-refractivity contribution is 5.25. The van der Waals surface area contributed by atoms with Gasteiger partial charge < -0.3 is 10.1 Å². The minimum atomic E-state index is -0.268. The number of hydrogen-bond acceptors (Lipinski definition) is 2. The lowest BCUT2D eigenvalue weighted by atomic mass is 9.76. The number of nitrogens with one attached hydrogen (secondary N) is 1. The first kappa shape index (κ1) is 15.5. The monoisotopic (exact) mass is 279 g/mol. The number of halogens is 1. The molecular weight excluding hydrogens is 253 g/mol. The van der Waals surface area contributed by atoms with Gasteiger partial charge in [-0.15, -0.1) is 0 Å². The van der Waals surface area contributed by atoms with Gasteiger partial charge in [-0.25, -0.2) is 4.39 Å². The molecule has 1 N–H and O–H groups in total. The second-order valence-electron chi connectivity index (χ2n) is 5.74. The molecule has 20 heavy (non-hydrogen) atoms. The maximum absolute atomic E-state index is 14.2. The first-order valence-corrected chi connectivity index (χ1v) is 7.76. The van der Waals surface area contributed by atoms with Crippen LogP contribution >= 0.6 is 0 Å². The largest absolute Gasteiger partial charge is 0.376 e. The Morgan fingerprint density at radius 3 is 2.55 bits per heavy atom. The summed E-state index contributed by atoms with van der Waals surface area (Å²) in [5.74, 6) is -0.136. The van der Waals surface area contributed by atoms with Gasteiger partial charge in [0, 0.05) is 12.7 Å². The van der Waals surface area contributed by atoms with Gasteiger partial charge in [-0.2, -0.15) is 0 Å². The van der Waals surface area contributed by atoms with Gasteiger partial charge in [0.25, 0.3) is 0 Å². The highest BCUT2D eigenvalue weighted by Gasteiger charge is 2.41. The van der Waals surface area contributed by atoms with E-state index in [1.807, 2.05) is 12.1 Å². The van der Waals surface area contributed by atoms with E-state index in [2.05, 4.69) is 12.2 Å². The first-order valence-electron chi connectivity index (χ1n) is 7.76. The van der Waals surface area contributed by atoms with Crippen LogP contribution in [0.15, 0.2) is 24.3 Å². The van der Waals surface area contributed by atoms with Crippen LogP contribution in [0.3, 0.4) is 0 Å². The van der Waals surface area contributed by atoms with Gasteiger partial charge in [-0.3, -0.25) is 0 Å². The maximum Gasteiger partial charge on any atom is 0.128 e. The summed E-state index contributed by atoms with van der Waals surface area (Å²) in [6.07, 6.45) is 6.60. The Morgan fingerprint density at radius 1 is 1.25 bits per heavy atom. The average Bonchev–Trinajstić information content (AvgIpc) is 2.50. The smallest absolute Gasteiger partial charge is 0.128 e. The standard InChI is InChI=1S/C17H26FNO/c1-3-13-19-16(14-9-5-6-10-15(14)18)17(20-2)11-7-4-8-12-17/h5-6,9-10,16,19H,3-4,7-8,11-13H2,1-2H3. The molecule has 1 unspecified atom stereocenters. The van der Waals surface area contributed by atoms with Gasteiger partial charge in [0.05, 0.1) is 11.6 Å². The van der Waals surface area contributed by atoms with E-state index in [1.165, 1.54) is 6.42 Å². The molecule has 112 valence electrons. The van der Waals surface area contributed by atoms with Crippen molar-refractivity contribution in [2.45, 2.75) is 57.1 Å². The molecule has 1 aliphatic rings. The lowest BCUT2D eigenvalue weighted by Crippen LogP contribution is -2.47. The van der Waals surface area contributed by atoms with Crippen molar-refractivity contribution in [1.29, 1.82) is 0 Å². The van der Waals surface area contributed by atoms with E-state index in [0.717, 1.165) is 44.2 Å². The van der Waals surface area contributed by atoms with Crippen molar-refractivity contribution >= 4 is 0 Å². The van der Waals surface area contributed by atoms with Crippen LogP contribution in [0.5, 0.6) is 0 Å². The highest BCUT2D eigenvalue weighted by atomic mass is 19.1. The third-order valence-corrected chi connectivity index (χ3v) is 4.45. The molecule has 1 aliphatic carbocycles. The van der Waals surface area contributed by atoms with Crippen LogP contribution in [-0.4, -0.2) is 19.3 Å². The minimum absolute atomic E-state index is 0.0612.